The van der Waals surface area contributed by atoms with Crippen molar-refractivity contribution in [2.24, 2.45) is 21.7 Å². The van der Waals surface area contributed by atoms with E-state index in [0.29, 0.717) is 24.7 Å². The second kappa shape index (κ2) is 11.5. The van der Waals surface area contributed by atoms with Crippen LogP contribution in [-0.4, -0.2) is 35.9 Å². The van der Waals surface area contributed by atoms with Gasteiger partial charge in [-0.3, -0.25) is 10.9 Å². The maximum absolute atomic E-state index is 5.78. The van der Waals surface area contributed by atoms with Crippen molar-refractivity contribution in [3.8, 4) is 11.5 Å². The summed E-state index contributed by atoms with van der Waals surface area (Å²) in [6.45, 7) is 0.675. The van der Waals surface area contributed by atoms with E-state index in [-0.39, 0.29) is 10.2 Å². The average Bonchev–Trinajstić information content (AvgIpc) is 2.67. The van der Waals surface area contributed by atoms with E-state index in [0.717, 1.165) is 11.1 Å². The molecule has 0 aliphatic heterocycles. The normalized spacial score (nSPS) is 10.7. The van der Waals surface area contributed by atoms with E-state index < -0.39 is 0 Å². The van der Waals surface area contributed by atoms with Gasteiger partial charge < -0.3 is 20.9 Å². The van der Waals surface area contributed by atoms with Gasteiger partial charge in [0.25, 0.3) is 0 Å². The molecule has 0 aromatic heterocycles. The number of benzene rings is 2. The number of hydrogen-bond donors (Lipinski definition) is 4. The Labute approximate surface area is 173 Å². The van der Waals surface area contributed by atoms with Crippen LogP contribution in [0.3, 0.4) is 0 Å². The first-order valence-electron chi connectivity index (χ1n) is 8.17. The Kier molecular flexibility index (Phi) is 8.63. The summed E-state index contributed by atoms with van der Waals surface area (Å²) >= 11 is 9.41. The number of nitrogens with zero attached hydrogens (tertiary/aromatic N) is 2. The smallest absolute Gasteiger partial charge is 0.184 e. The average molecular weight is 417 g/mol. The van der Waals surface area contributed by atoms with Crippen molar-refractivity contribution in [3.63, 3.8) is 0 Å². The summed E-state index contributed by atoms with van der Waals surface area (Å²) in [6.07, 6.45) is 3.16. The Bertz CT molecular complexity index is 801. The highest BCUT2D eigenvalue weighted by Gasteiger charge is 2.03. The van der Waals surface area contributed by atoms with Crippen LogP contribution in [0.5, 0.6) is 11.5 Å². The number of hydrazone groups is 2. The highest BCUT2D eigenvalue weighted by Crippen LogP contribution is 2.17. The molecule has 0 saturated heterocycles. The quantitative estimate of drug-likeness (QED) is 0.210. The van der Waals surface area contributed by atoms with E-state index in [9.17, 15) is 0 Å². The Morgan fingerprint density at radius 1 is 0.786 bits per heavy atom. The fourth-order valence-electron chi connectivity index (χ4n) is 2.07. The molecular formula is C18H20N6O2S2. The van der Waals surface area contributed by atoms with Gasteiger partial charge in [0.1, 0.15) is 24.7 Å². The van der Waals surface area contributed by atoms with Gasteiger partial charge in [-0.2, -0.15) is 10.2 Å². The molecule has 0 atom stereocenters. The standard InChI is InChI=1S/C18H20N6O2S2/c19-17(27)23-21-11-13-5-1-3-7-15(13)25-9-10-26-16-8-4-2-6-14(16)12-22-24-18(20)28/h1-8,11-12H,9-10H2,(H3,19,23,27)(H3,20,24,28)/b21-11-,22-12-. The molecule has 2 aromatic rings. The fourth-order valence-corrected chi connectivity index (χ4v) is 2.18. The molecule has 0 saturated carbocycles. The van der Waals surface area contributed by atoms with Crippen LogP contribution in [0.4, 0.5) is 0 Å². The second-order valence-corrected chi connectivity index (χ2v) is 6.12. The summed E-state index contributed by atoms with van der Waals surface area (Å²) in [7, 11) is 0. The molecule has 0 amide bonds. The van der Waals surface area contributed by atoms with E-state index in [1.54, 1.807) is 12.4 Å². The largest absolute Gasteiger partial charge is 0.489 e. The zero-order valence-corrected chi connectivity index (χ0v) is 16.5. The summed E-state index contributed by atoms with van der Waals surface area (Å²) in [5.41, 5.74) is 17.2. The molecule has 0 spiro atoms. The number of rotatable bonds is 9. The van der Waals surface area contributed by atoms with Gasteiger partial charge in [0.05, 0.1) is 12.4 Å². The Morgan fingerprint density at radius 3 is 1.57 bits per heavy atom. The molecule has 6 N–H and O–H groups in total. The predicted octanol–water partition coefficient (Wildman–Crippen LogP) is 1.48. The molecule has 10 heteroatoms. The first-order valence-corrected chi connectivity index (χ1v) is 8.98. The van der Waals surface area contributed by atoms with Crippen LogP contribution in [0, 0.1) is 0 Å². The number of para-hydroxylation sites is 2. The van der Waals surface area contributed by atoms with Crippen molar-refractivity contribution in [2.45, 2.75) is 0 Å². The van der Waals surface area contributed by atoms with Crippen molar-refractivity contribution in [3.05, 3.63) is 59.7 Å². The maximum atomic E-state index is 5.78. The molecule has 0 fully saturated rings. The van der Waals surface area contributed by atoms with Gasteiger partial charge in [-0.1, -0.05) is 24.3 Å². The Balaban J connectivity index is 1.90. The van der Waals surface area contributed by atoms with E-state index in [1.165, 1.54) is 0 Å². The van der Waals surface area contributed by atoms with Crippen LogP contribution in [0.1, 0.15) is 11.1 Å². The third-order valence-corrected chi connectivity index (χ3v) is 3.38. The molecular weight excluding hydrogens is 396 g/mol. The topological polar surface area (TPSA) is 119 Å². The molecule has 0 unspecified atom stereocenters. The molecule has 2 aromatic carbocycles. The summed E-state index contributed by atoms with van der Waals surface area (Å²) in [6, 6.07) is 14.9. The number of hydrogen-bond acceptors (Lipinski definition) is 6. The van der Waals surface area contributed by atoms with E-state index in [4.69, 9.17) is 45.4 Å². The van der Waals surface area contributed by atoms with Crippen molar-refractivity contribution in [1.29, 1.82) is 0 Å². The molecule has 146 valence electrons. The minimum atomic E-state index is 0.0914. The first-order chi connectivity index (χ1) is 13.6. The molecule has 0 radical (unpaired) electrons. The van der Waals surface area contributed by atoms with Crippen molar-refractivity contribution < 1.29 is 9.47 Å². The molecule has 8 nitrogen and oxygen atoms in total. The van der Waals surface area contributed by atoms with E-state index in [2.05, 4.69) is 21.1 Å². The molecule has 0 bridgehead atoms. The van der Waals surface area contributed by atoms with Crippen LogP contribution in [0.25, 0.3) is 0 Å². The van der Waals surface area contributed by atoms with Crippen LogP contribution in [0.15, 0.2) is 58.7 Å². The zero-order valence-electron chi connectivity index (χ0n) is 14.9. The van der Waals surface area contributed by atoms with Gasteiger partial charge in [-0.25, -0.2) is 0 Å². The summed E-state index contributed by atoms with van der Waals surface area (Å²) < 4.78 is 11.6. The second-order valence-electron chi connectivity index (χ2n) is 5.24. The summed E-state index contributed by atoms with van der Waals surface area (Å²) in [4.78, 5) is 0. The van der Waals surface area contributed by atoms with Crippen LogP contribution in [-0.2, 0) is 0 Å². The predicted molar refractivity (Wildman–Crippen MR) is 119 cm³/mol. The van der Waals surface area contributed by atoms with Crippen molar-refractivity contribution in [2.75, 3.05) is 13.2 Å². The molecule has 28 heavy (non-hydrogen) atoms. The number of ether oxygens (including phenoxy) is 2. The molecule has 0 heterocycles. The molecule has 0 aliphatic rings. The van der Waals surface area contributed by atoms with Gasteiger partial charge in [0, 0.05) is 11.1 Å². The van der Waals surface area contributed by atoms with Gasteiger partial charge in [0.15, 0.2) is 10.2 Å². The maximum Gasteiger partial charge on any atom is 0.184 e. The Hall–Kier alpha value is -3.24. The lowest BCUT2D eigenvalue weighted by atomic mass is 10.2. The molecule has 2 rings (SSSR count). The lowest BCUT2D eigenvalue weighted by Crippen LogP contribution is -2.24. The summed E-state index contributed by atoms with van der Waals surface area (Å²) in [5.74, 6) is 1.32. The minimum absolute atomic E-state index is 0.0914. The zero-order chi connectivity index (χ0) is 20.2. The summed E-state index contributed by atoms with van der Waals surface area (Å²) in [5, 5.41) is 8.06. The van der Waals surface area contributed by atoms with Gasteiger partial charge >= 0.3 is 0 Å². The Morgan fingerprint density at radius 2 is 1.18 bits per heavy atom. The number of nitrogens with one attached hydrogen (secondary N) is 2. The third-order valence-electron chi connectivity index (χ3n) is 3.19. The van der Waals surface area contributed by atoms with Gasteiger partial charge in [0.2, 0.25) is 0 Å². The minimum Gasteiger partial charge on any atom is -0.489 e. The van der Waals surface area contributed by atoms with Gasteiger partial charge in [-0.15, -0.1) is 0 Å². The van der Waals surface area contributed by atoms with Crippen molar-refractivity contribution in [1.82, 2.24) is 10.9 Å². The van der Waals surface area contributed by atoms with Crippen LogP contribution in [0.2, 0.25) is 0 Å². The molecule has 0 aliphatic carbocycles. The van der Waals surface area contributed by atoms with Crippen LogP contribution >= 0.6 is 24.4 Å². The lowest BCUT2D eigenvalue weighted by Gasteiger charge is -2.11. The SMILES string of the molecule is NC(=S)N/N=C\c1ccccc1OCCOc1ccccc1/C=N\NC(N)=S. The first kappa shape index (κ1) is 21.1. The number of thiocarbonyl (C=S) groups is 2. The monoisotopic (exact) mass is 416 g/mol. The highest BCUT2D eigenvalue weighted by atomic mass is 32.1. The third kappa shape index (κ3) is 7.56. The van der Waals surface area contributed by atoms with Crippen molar-refractivity contribution >= 4 is 47.1 Å². The highest BCUT2D eigenvalue weighted by molar-refractivity contribution is 7.80. The lowest BCUT2D eigenvalue weighted by molar-refractivity contribution is 0.217. The van der Waals surface area contributed by atoms with Gasteiger partial charge in [-0.05, 0) is 48.7 Å². The number of nitrogens with two attached hydrogens (primary N) is 2. The fraction of sp³-hybridized carbons (Fsp3) is 0.111. The van der Waals surface area contributed by atoms with E-state index >= 15 is 0 Å². The van der Waals surface area contributed by atoms with E-state index in [1.807, 2.05) is 48.5 Å². The van der Waals surface area contributed by atoms with Crippen LogP contribution < -0.4 is 31.8 Å².